The highest BCUT2D eigenvalue weighted by Gasteiger charge is 2.21. The predicted octanol–water partition coefficient (Wildman–Crippen LogP) is 3.32. The Balaban J connectivity index is 1.64. The Morgan fingerprint density at radius 1 is 1.00 bits per heavy atom. The largest absolute Gasteiger partial charge is 0.476 e. The SMILES string of the molecule is CCOc1nc(N2CCN(C)CC2)nc2c1[nH]c1cc(-c3ccncc3)ccc12. The van der Waals surface area contributed by atoms with Crippen molar-refractivity contribution in [1.29, 1.82) is 0 Å². The molecule has 1 saturated heterocycles. The van der Waals surface area contributed by atoms with Crippen molar-refractivity contribution in [2.24, 2.45) is 0 Å². The summed E-state index contributed by atoms with van der Waals surface area (Å²) < 4.78 is 5.89. The molecule has 1 fully saturated rings. The summed E-state index contributed by atoms with van der Waals surface area (Å²) in [5, 5.41) is 1.08. The zero-order chi connectivity index (χ0) is 19.8. The van der Waals surface area contributed by atoms with E-state index in [4.69, 9.17) is 14.7 Å². The molecule has 0 spiro atoms. The number of likely N-dealkylation sites (N-methyl/N-ethyl adjacent to an activating group) is 1. The van der Waals surface area contributed by atoms with Gasteiger partial charge in [0.25, 0.3) is 0 Å². The van der Waals surface area contributed by atoms with Gasteiger partial charge in [-0.2, -0.15) is 4.98 Å². The lowest BCUT2D eigenvalue weighted by Crippen LogP contribution is -2.45. The molecule has 1 aliphatic heterocycles. The molecular weight excluding hydrogens is 364 g/mol. The molecule has 0 atom stereocenters. The Morgan fingerprint density at radius 2 is 1.79 bits per heavy atom. The van der Waals surface area contributed by atoms with Gasteiger partial charge in [0.15, 0.2) is 0 Å². The number of rotatable bonds is 4. The standard InChI is InChI=1S/C22H24N6O/c1-3-29-21-20-19(25-22(26-21)28-12-10-27(2)11-13-28)17-5-4-16(14-18(17)24-20)15-6-8-23-9-7-15/h4-9,14,24H,3,10-13H2,1-2H3. The number of aromatic amines is 1. The zero-order valence-electron chi connectivity index (χ0n) is 16.7. The van der Waals surface area contributed by atoms with Crippen molar-refractivity contribution in [3.63, 3.8) is 0 Å². The lowest BCUT2D eigenvalue weighted by Gasteiger charge is -2.32. The molecule has 4 aromatic rings. The summed E-state index contributed by atoms with van der Waals surface area (Å²) in [7, 11) is 2.15. The maximum Gasteiger partial charge on any atom is 0.243 e. The number of fused-ring (bicyclic) bond motifs is 3. The molecule has 0 unspecified atom stereocenters. The summed E-state index contributed by atoms with van der Waals surface area (Å²) in [6.45, 7) is 6.40. The van der Waals surface area contributed by atoms with E-state index in [-0.39, 0.29) is 0 Å². The van der Waals surface area contributed by atoms with Gasteiger partial charge in [-0.3, -0.25) is 4.98 Å². The van der Waals surface area contributed by atoms with E-state index in [1.54, 1.807) is 0 Å². The van der Waals surface area contributed by atoms with Crippen LogP contribution in [0.15, 0.2) is 42.7 Å². The number of anilines is 1. The number of nitrogens with zero attached hydrogens (tertiary/aromatic N) is 5. The molecule has 0 saturated carbocycles. The first-order valence-corrected chi connectivity index (χ1v) is 10.0. The van der Waals surface area contributed by atoms with Gasteiger partial charge in [0.1, 0.15) is 11.0 Å². The molecular formula is C22H24N6O. The van der Waals surface area contributed by atoms with E-state index in [0.717, 1.165) is 65.2 Å². The Labute approximate surface area is 169 Å². The van der Waals surface area contributed by atoms with Gasteiger partial charge in [-0.05, 0) is 43.3 Å². The summed E-state index contributed by atoms with van der Waals surface area (Å²) in [5.74, 6) is 1.36. The number of benzene rings is 1. The van der Waals surface area contributed by atoms with E-state index in [9.17, 15) is 0 Å². The smallest absolute Gasteiger partial charge is 0.243 e. The molecule has 3 aromatic heterocycles. The van der Waals surface area contributed by atoms with Crippen LogP contribution in [0, 0.1) is 0 Å². The number of hydrogen-bond acceptors (Lipinski definition) is 6. The van der Waals surface area contributed by atoms with Crippen molar-refractivity contribution in [3.8, 4) is 17.0 Å². The van der Waals surface area contributed by atoms with Gasteiger partial charge in [-0.25, -0.2) is 4.98 Å². The molecule has 0 amide bonds. The molecule has 4 heterocycles. The molecule has 7 heteroatoms. The minimum atomic E-state index is 0.561. The summed E-state index contributed by atoms with van der Waals surface area (Å²) in [5.41, 5.74) is 5.06. The van der Waals surface area contributed by atoms with Crippen LogP contribution < -0.4 is 9.64 Å². The third-order valence-electron chi connectivity index (χ3n) is 5.48. The number of nitrogens with one attached hydrogen (secondary N) is 1. The number of aromatic nitrogens is 4. The number of piperazine rings is 1. The molecule has 7 nitrogen and oxygen atoms in total. The van der Waals surface area contributed by atoms with Crippen LogP contribution >= 0.6 is 0 Å². The number of hydrogen-bond donors (Lipinski definition) is 1. The van der Waals surface area contributed by atoms with Crippen LogP contribution in [0.3, 0.4) is 0 Å². The van der Waals surface area contributed by atoms with Gasteiger partial charge in [-0.15, -0.1) is 0 Å². The Hall–Kier alpha value is -3.19. The van der Waals surface area contributed by atoms with Crippen LogP contribution in [0.4, 0.5) is 5.95 Å². The number of ether oxygens (including phenoxy) is 1. The molecule has 148 valence electrons. The monoisotopic (exact) mass is 388 g/mol. The normalized spacial score (nSPS) is 15.3. The van der Waals surface area contributed by atoms with Gasteiger partial charge >= 0.3 is 0 Å². The second-order valence-electron chi connectivity index (χ2n) is 7.40. The fourth-order valence-electron chi connectivity index (χ4n) is 3.84. The van der Waals surface area contributed by atoms with E-state index in [1.807, 2.05) is 31.5 Å². The van der Waals surface area contributed by atoms with Crippen molar-refractivity contribution in [3.05, 3.63) is 42.7 Å². The molecule has 29 heavy (non-hydrogen) atoms. The van der Waals surface area contributed by atoms with Crippen molar-refractivity contribution >= 4 is 27.9 Å². The highest BCUT2D eigenvalue weighted by atomic mass is 16.5. The van der Waals surface area contributed by atoms with E-state index < -0.39 is 0 Å². The minimum absolute atomic E-state index is 0.561. The maximum absolute atomic E-state index is 5.89. The summed E-state index contributed by atoms with van der Waals surface area (Å²) in [4.78, 5) is 21.8. The van der Waals surface area contributed by atoms with Crippen LogP contribution in [0.5, 0.6) is 5.88 Å². The van der Waals surface area contributed by atoms with Gasteiger partial charge in [0, 0.05) is 49.5 Å². The topological polar surface area (TPSA) is 70.2 Å². The third kappa shape index (κ3) is 3.27. The lowest BCUT2D eigenvalue weighted by atomic mass is 10.1. The first kappa shape index (κ1) is 17.9. The zero-order valence-corrected chi connectivity index (χ0v) is 16.7. The molecule has 0 bridgehead atoms. The Morgan fingerprint density at radius 3 is 2.55 bits per heavy atom. The second kappa shape index (κ2) is 7.33. The first-order valence-electron chi connectivity index (χ1n) is 10.0. The maximum atomic E-state index is 5.89. The van der Waals surface area contributed by atoms with Crippen LogP contribution in [0.2, 0.25) is 0 Å². The summed E-state index contributed by atoms with van der Waals surface area (Å²) in [6.07, 6.45) is 3.62. The average molecular weight is 388 g/mol. The molecule has 0 aliphatic carbocycles. The number of H-pyrrole nitrogens is 1. The molecule has 1 aromatic carbocycles. The molecule has 0 radical (unpaired) electrons. The summed E-state index contributed by atoms with van der Waals surface area (Å²) in [6, 6.07) is 10.4. The highest BCUT2D eigenvalue weighted by molar-refractivity contribution is 6.07. The molecule has 1 N–H and O–H groups in total. The number of pyridine rings is 1. The van der Waals surface area contributed by atoms with Crippen LogP contribution in [-0.4, -0.2) is 64.7 Å². The third-order valence-corrected chi connectivity index (χ3v) is 5.48. The highest BCUT2D eigenvalue weighted by Crippen LogP contribution is 2.33. The molecule has 1 aliphatic rings. The summed E-state index contributed by atoms with van der Waals surface area (Å²) >= 11 is 0. The van der Waals surface area contributed by atoms with Crippen LogP contribution in [0.25, 0.3) is 33.1 Å². The van der Waals surface area contributed by atoms with Crippen molar-refractivity contribution in [2.45, 2.75) is 6.92 Å². The predicted molar refractivity (Wildman–Crippen MR) is 116 cm³/mol. The lowest BCUT2D eigenvalue weighted by molar-refractivity contribution is 0.308. The van der Waals surface area contributed by atoms with E-state index in [1.165, 1.54) is 0 Å². The van der Waals surface area contributed by atoms with Crippen molar-refractivity contribution < 1.29 is 4.74 Å². The van der Waals surface area contributed by atoms with Crippen molar-refractivity contribution in [1.82, 2.24) is 24.8 Å². The quantitative estimate of drug-likeness (QED) is 0.578. The Bertz CT molecular complexity index is 1150. The van der Waals surface area contributed by atoms with Gasteiger partial charge in [0.05, 0.1) is 6.61 Å². The van der Waals surface area contributed by atoms with Crippen LogP contribution in [-0.2, 0) is 0 Å². The van der Waals surface area contributed by atoms with Gasteiger partial charge in [-0.1, -0.05) is 12.1 Å². The van der Waals surface area contributed by atoms with Crippen LogP contribution in [0.1, 0.15) is 6.92 Å². The van der Waals surface area contributed by atoms with E-state index >= 15 is 0 Å². The second-order valence-corrected chi connectivity index (χ2v) is 7.40. The Kier molecular flexibility index (Phi) is 4.52. The minimum Gasteiger partial charge on any atom is -0.476 e. The van der Waals surface area contributed by atoms with Gasteiger partial charge < -0.3 is 19.5 Å². The van der Waals surface area contributed by atoms with Crippen molar-refractivity contribution in [2.75, 3.05) is 44.7 Å². The van der Waals surface area contributed by atoms with E-state index in [2.05, 4.69) is 45.0 Å². The van der Waals surface area contributed by atoms with Gasteiger partial charge in [0.2, 0.25) is 11.8 Å². The van der Waals surface area contributed by atoms with E-state index in [0.29, 0.717) is 12.5 Å². The fraction of sp³-hybridized carbons (Fsp3) is 0.318. The fourth-order valence-corrected chi connectivity index (χ4v) is 3.84. The molecule has 5 rings (SSSR count). The first-order chi connectivity index (χ1) is 14.2. The average Bonchev–Trinajstić information content (AvgIpc) is 3.13.